The minimum atomic E-state index is -0.458. The Hall–Kier alpha value is -2.08. The van der Waals surface area contributed by atoms with Crippen molar-refractivity contribution in [3.8, 4) is 5.75 Å². The molecule has 2 N–H and O–H groups in total. The molecule has 0 aliphatic carbocycles. The highest BCUT2D eigenvalue weighted by molar-refractivity contribution is 6.35. The van der Waals surface area contributed by atoms with E-state index in [0.717, 1.165) is 5.56 Å². The van der Waals surface area contributed by atoms with Gasteiger partial charge >= 0.3 is 0 Å². The molecule has 136 valence electrons. The largest absolute Gasteiger partial charge is 0.494 e. The van der Waals surface area contributed by atoms with Crippen LogP contribution in [0.25, 0.3) is 0 Å². The molecule has 0 bridgehead atoms. The first-order chi connectivity index (χ1) is 12.5. The number of halogens is 2. The molecule has 7 heteroatoms. The van der Waals surface area contributed by atoms with Gasteiger partial charge in [-0.15, -0.1) is 0 Å². The van der Waals surface area contributed by atoms with E-state index in [1.54, 1.807) is 36.4 Å². The second kappa shape index (κ2) is 8.08. The summed E-state index contributed by atoms with van der Waals surface area (Å²) in [5.41, 5.74) is 1.43. The van der Waals surface area contributed by atoms with Crippen LogP contribution in [0.15, 0.2) is 42.5 Å². The third-order valence-corrected chi connectivity index (χ3v) is 4.81. The maximum absolute atomic E-state index is 12.7. The Balaban J connectivity index is 1.68. The zero-order chi connectivity index (χ0) is 18.7. The van der Waals surface area contributed by atoms with Gasteiger partial charge < -0.3 is 10.1 Å². The number of ether oxygens (including phenoxy) is 1. The lowest BCUT2D eigenvalue weighted by Gasteiger charge is -2.15. The van der Waals surface area contributed by atoms with Gasteiger partial charge in [-0.1, -0.05) is 29.3 Å². The van der Waals surface area contributed by atoms with Gasteiger partial charge in [0.15, 0.2) is 6.04 Å². The number of imide groups is 1. The lowest BCUT2D eigenvalue weighted by molar-refractivity contribution is -0.690. The molecule has 1 heterocycles. The quantitative estimate of drug-likeness (QED) is 0.767. The third-order valence-electron chi connectivity index (χ3n) is 4.22. The van der Waals surface area contributed by atoms with Crippen molar-refractivity contribution in [3.05, 3.63) is 58.1 Å². The van der Waals surface area contributed by atoms with Crippen LogP contribution in [0.1, 0.15) is 18.9 Å². The van der Waals surface area contributed by atoms with Crippen molar-refractivity contribution in [2.24, 2.45) is 0 Å². The predicted octanol–water partition coefficient (Wildman–Crippen LogP) is 2.79. The molecule has 0 radical (unpaired) electrons. The van der Waals surface area contributed by atoms with Gasteiger partial charge in [0.1, 0.15) is 12.3 Å². The van der Waals surface area contributed by atoms with Crippen molar-refractivity contribution in [2.75, 3.05) is 11.5 Å². The van der Waals surface area contributed by atoms with Gasteiger partial charge in [-0.3, -0.25) is 9.59 Å². The van der Waals surface area contributed by atoms with Crippen molar-refractivity contribution >= 4 is 40.7 Å². The van der Waals surface area contributed by atoms with Gasteiger partial charge in [0.05, 0.1) is 23.7 Å². The number of nitrogens with zero attached hydrogens (tertiary/aromatic N) is 1. The molecular formula is C19H19Cl2N2O3+. The molecule has 1 aliphatic rings. The van der Waals surface area contributed by atoms with Gasteiger partial charge in [-0.05, 0) is 43.3 Å². The van der Waals surface area contributed by atoms with E-state index in [1.165, 1.54) is 4.90 Å². The number of hydrogen-bond donors (Lipinski definition) is 1. The van der Waals surface area contributed by atoms with E-state index in [0.29, 0.717) is 34.6 Å². The molecule has 26 heavy (non-hydrogen) atoms. The topological polar surface area (TPSA) is 63.2 Å². The molecule has 0 saturated carbocycles. The Bertz CT molecular complexity index is 824. The summed E-state index contributed by atoms with van der Waals surface area (Å²) in [4.78, 5) is 26.3. The van der Waals surface area contributed by atoms with Crippen LogP contribution >= 0.6 is 23.2 Å². The number of rotatable bonds is 6. The summed E-state index contributed by atoms with van der Waals surface area (Å²) < 4.78 is 5.39. The second-order valence-electron chi connectivity index (χ2n) is 5.98. The molecule has 2 aromatic carbocycles. The van der Waals surface area contributed by atoms with Crippen LogP contribution in [0.2, 0.25) is 10.0 Å². The summed E-state index contributed by atoms with van der Waals surface area (Å²) in [6.45, 7) is 2.96. The van der Waals surface area contributed by atoms with Crippen LogP contribution in [-0.4, -0.2) is 24.5 Å². The molecule has 0 aromatic heterocycles. The summed E-state index contributed by atoms with van der Waals surface area (Å²) in [5, 5.41) is 2.95. The number of benzene rings is 2. The maximum atomic E-state index is 12.7. The van der Waals surface area contributed by atoms with Crippen LogP contribution in [0.3, 0.4) is 0 Å². The van der Waals surface area contributed by atoms with E-state index >= 15 is 0 Å². The molecule has 1 atom stereocenters. The minimum absolute atomic E-state index is 0.164. The van der Waals surface area contributed by atoms with Crippen molar-refractivity contribution in [1.82, 2.24) is 0 Å². The fourth-order valence-corrected chi connectivity index (χ4v) is 3.41. The first-order valence-electron chi connectivity index (χ1n) is 8.36. The summed E-state index contributed by atoms with van der Waals surface area (Å²) in [6.07, 6.45) is 0.164. The summed E-state index contributed by atoms with van der Waals surface area (Å²) in [6, 6.07) is 11.7. The van der Waals surface area contributed by atoms with Gasteiger partial charge in [0.25, 0.3) is 5.91 Å². The number of amides is 2. The van der Waals surface area contributed by atoms with Gasteiger partial charge in [0, 0.05) is 10.6 Å². The fraction of sp³-hybridized carbons (Fsp3) is 0.263. The number of carbonyl (C=O) groups excluding carboxylic acids is 2. The van der Waals surface area contributed by atoms with Crippen molar-refractivity contribution in [3.63, 3.8) is 0 Å². The lowest BCUT2D eigenvalue weighted by Crippen LogP contribution is -2.90. The normalized spacial score (nSPS) is 17.0. The van der Waals surface area contributed by atoms with Gasteiger partial charge in [-0.2, -0.15) is 0 Å². The molecule has 0 spiro atoms. The lowest BCUT2D eigenvalue weighted by atomic mass is 10.2. The number of carbonyl (C=O) groups is 2. The second-order valence-corrected chi connectivity index (χ2v) is 6.82. The van der Waals surface area contributed by atoms with Crippen molar-refractivity contribution in [2.45, 2.75) is 25.9 Å². The maximum Gasteiger partial charge on any atom is 0.292 e. The first kappa shape index (κ1) is 18.7. The van der Waals surface area contributed by atoms with Crippen LogP contribution in [-0.2, 0) is 16.1 Å². The Morgan fingerprint density at radius 3 is 2.54 bits per heavy atom. The van der Waals surface area contributed by atoms with Gasteiger partial charge in [-0.25, -0.2) is 4.90 Å². The highest BCUT2D eigenvalue weighted by Gasteiger charge is 2.42. The monoisotopic (exact) mass is 393 g/mol. The van der Waals surface area contributed by atoms with E-state index in [-0.39, 0.29) is 18.2 Å². The SMILES string of the molecule is CCOc1ccc(N2C(=O)C[C@@H]([NH2+]Cc3ccc(Cl)cc3Cl)C2=O)cc1. The molecule has 1 saturated heterocycles. The van der Waals surface area contributed by atoms with Crippen molar-refractivity contribution in [1.29, 1.82) is 0 Å². The standard InChI is InChI=1S/C19H18Cl2N2O3/c1-2-26-15-7-5-14(6-8-15)23-18(24)10-17(19(23)25)22-11-12-3-4-13(20)9-16(12)21/h3-9,17,22H,2,10-11H2,1H3/p+1/t17-/m1/s1. The molecule has 5 nitrogen and oxygen atoms in total. The Kier molecular flexibility index (Phi) is 5.81. The molecule has 1 aliphatic heterocycles. The number of nitrogens with two attached hydrogens (primary N) is 1. The van der Waals surface area contributed by atoms with E-state index in [4.69, 9.17) is 27.9 Å². The highest BCUT2D eigenvalue weighted by atomic mass is 35.5. The zero-order valence-corrected chi connectivity index (χ0v) is 15.8. The van der Waals surface area contributed by atoms with E-state index in [9.17, 15) is 9.59 Å². The fourth-order valence-electron chi connectivity index (χ4n) is 2.93. The average molecular weight is 394 g/mol. The van der Waals surface area contributed by atoms with Crippen LogP contribution in [0.5, 0.6) is 5.75 Å². The van der Waals surface area contributed by atoms with Crippen LogP contribution in [0, 0.1) is 0 Å². The predicted molar refractivity (Wildman–Crippen MR) is 101 cm³/mol. The number of quaternary nitrogens is 1. The third kappa shape index (κ3) is 4.01. The minimum Gasteiger partial charge on any atom is -0.494 e. The summed E-state index contributed by atoms with van der Waals surface area (Å²) in [7, 11) is 0. The molecule has 2 amide bonds. The highest BCUT2D eigenvalue weighted by Crippen LogP contribution is 2.25. The van der Waals surface area contributed by atoms with Crippen LogP contribution < -0.4 is 15.0 Å². The number of anilines is 1. The molecular weight excluding hydrogens is 375 g/mol. The summed E-state index contributed by atoms with van der Waals surface area (Å²) >= 11 is 12.1. The van der Waals surface area contributed by atoms with E-state index in [2.05, 4.69) is 0 Å². The van der Waals surface area contributed by atoms with E-state index in [1.807, 2.05) is 18.3 Å². The van der Waals surface area contributed by atoms with Gasteiger partial charge in [0.2, 0.25) is 5.91 Å². The van der Waals surface area contributed by atoms with E-state index < -0.39 is 6.04 Å². The van der Waals surface area contributed by atoms with Crippen LogP contribution in [0.4, 0.5) is 5.69 Å². The first-order valence-corrected chi connectivity index (χ1v) is 9.12. The Morgan fingerprint density at radius 1 is 1.15 bits per heavy atom. The Labute approximate surface area is 161 Å². The molecule has 3 rings (SSSR count). The Morgan fingerprint density at radius 2 is 1.88 bits per heavy atom. The summed E-state index contributed by atoms with van der Waals surface area (Å²) in [5.74, 6) is 0.280. The average Bonchev–Trinajstić information content (AvgIpc) is 2.89. The molecule has 0 unspecified atom stereocenters. The molecule has 1 fully saturated rings. The molecule has 2 aromatic rings. The zero-order valence-electron chi connectivity index (χ0n) is 14.2. The number of hydrogen-bond acceptors (Lipinski definition) is 3. The van der Waals surface area contributed by atoms with Crippen molar-refractivity contribution < 1.29 is 19.6 Å². The smallest absolute Gasteiger partial charge is 0.292 e.